The van der Waals surface area contributed by atoms with Crippen molar-refractivity contribution >= 4 is 59.6 Å². The molecule has 0 spiro atoms. The summed E-state index contributed by atoms with van der Waals surface area (Å²) in [6.07, 6.45) is 0. The second-order valence-corrected chi connectivity index (χ2v) is 19.8. The molecule has 6 aromatic carbocycles. The Bertz CT molecular complexity index is 2230. The maximum atomic E-state index is 8.89. The fraction of sp³-hybridized carbons (Fsp3) is 0.240. The van der Waals surface area contributed by atoms with Gasteiger partial charge in [0.15, 0.2) is 23.0 Å². The number of ether oxygens (including phenoxy) is 4. The second-order valence-electron chi connectivity index (χ2n) is 15.4. The zero-order valence-corrected chi connectivity index (χ0v) is 39.7. The first-order chi connectivity index (χ1) is 28.5. The van der Waals surface area contributed by atoms with Crippen LogP contribution in [0, 0.1) is 55.4 Å². The summed E-state index contributed by atoms with van der Waals surface area (Å²) >= 11 is 0. The number of hydrogen-bond donors (Lipinski definition) is 0. The maximum absolute atomic E-state index is 8.89. The number of carboxylic acids is 2. The molecule has 0 amide bonds. The van der Waals surface area contributed by atoms with E-state index in [0.29, 0.717) is 0 Å². The quantitative estimate of drug-likeness (QED) is 0.135. The van der Waals surface area contributed by atoms with Gasteiger partial charge in [0.05, 0.1) is 0 Å². The van der Waals surface area contributed by atoms with Crippen molar-refractivity contribution in [1.29, 1.82) is 0 Å². The average Bonchev–Trinajstić information content (AvgIpc) is 3.80. The van der Waals surface area contributed by atoms with Crippen LogP contribution in [0.5, 0.6) is 23.0 Å². The Hall–Kier alpha value is -5.06. The molecule has 8 rings (SSSR count). The number of rotatable bonds is 7. The number of carboxylic acid groups (broad SMARTS) is 2. The van der Waals surface area contributed by atoms with Crippen molar-refractivity contribution in [2.24, 2.45) is 0 Å². The zero-order valence-electron chi connectivity index (χ0n) is 36.2. The van der Waals surface area contributed by atoms with Gasteiger partial charge in [0.1, 0.15) is 0 Å². The van der Waals surface area contributed by atoms with Crippen LogP contribution in [0.4, 0.5) is 0 Å². The van der Waals surface area contributed by atoms with Gasteiger partial charge in [0, 0.05) is 23.1 Å². The van der Waals surface area contributed by atoms with E-state index < -0.39 is 27.8 Å². The van der Waals surface area contributed by atoms with Gasteiger partial charge in [-0.05, 0) is 141 Å². The standard InChI is InChI=1S/C46H44O4P2.2C2H4O2.Ru/c1-27-13-28(2)18-35(17-27)51(36-19-29(3)14-30(4)20-36)41-11-9-39-45(49-25-47-39)43(41)44-42(12-10-40-46(44)50-26-48-40)52(37-21-31(5)15-32(6)22-37)38-23-33(7)16-34(8)24-38;2*1-2(3)4;/h9-24H,25-26H2,1-8H3;2*1H3,(H,3,4);/q;;;+2/p-2. The second kappa shape index (κ2) is 20.2. The smallest absolute Gasteiger partial charge is 0.550 e. The third kappa shape index (κ3) is 11.3. The van der Waals surface area contributed by atoms with E-state index >= 15 is 0 Å². The van der Waals surface area contributed by atoms with Crippen LogP contribution >= 0.6 is 15.8 Å². The minimum atomic E-state index is -1.08. The van der Waals surface area contributed by atoms with E-state index in [2.05, 4.69) is 152 Å². The summed E-state index contributed by atoms with van der Waals surface area (Å²) < 4.78 is 25.4. The van der Waals surface area contributed by atoms with E-state index in [1.165, 1.54) is 76.3 Å². The summed E-state index contributed by atoms with van der Waals surface area (Å²) in [7, 11) is -2.11. The SMILES string of the molecule is CC(=O)[O-].CC(=O)[O-].Cc1cc(C)cc(P(c2cc(C)cc(C)c2)c2ccc3c(c2-c2c(P(c4cc(C)cc(C)c4)c4cc(C)cc(C)c4)ccc4c2OCO4)OCO3)c1.[Ru+2]. The first kappa shape index (κ1) is 47.0. The number of fused-ring (bicyclic) bond motifs is 2. The molecule has 8 nitrogen and oxygen atoms in total. The van der Waals surface area contributed by atoms with Crippen molar-refractivity contribution in [3.8, 4) is 34.1 Å². The Balaban J connectivity index is 0.000000722. The third-order valence-electron chi connectivity index (χ3n) is 9.62. The van der Waals surface area contributed by atoms with E-state index in [9.17, 15) is 0 Å². The number of benzene rings is 6. The molecule has 2 aliphatic heterocycles. The van der Waals surface area contributed by atoms with Crippen LogP contribution < -0.4 is 61.0 Å². The minimum Gasteiger partial charge on any atom is -0.550 e. The third-order valence-corrected chi connectivity index (χ3v) is 14.4. The Kier molecular flexibility index (Phi) is 15.6. The fourth-order valence-electron chi connectivity index (χ4n) is 7.95. The largest absolute Gasteiger partial charge is 2.00 e. The van der Waals surface area contributed by atoms with Crippen molar-refractivity contribution in [2.75, 3.05) is 13.6 Å². The van der Waals surface area contributed by atoms with Crippen molar-refractivity contribution in [1.82, 2.24) is 0 Å². The molecular formula is C50H50O8P2Ru. The normalized spacial score (nSPS) is 11.9. The van der Waals surface area contributed by atoms with Crippen LogP contribution in [0.15, 0.2) is 97.1 Å². The Morgan fingerprint density at radius 3 is 0.885 bits per heavy atom. The molecule has 6 aromatic rings. The van der Waals surface area contributed by atoms with Crippen LogP contribution in [0.3, 0.4) is 0 Å². The maximum Gasteiger partial charge on any atom is 2.00 e. The fourth-order valence-corrected chi connectivity index (χ4v) is 13.6. The summed E-state index contributed by atoms with van der Waals surface area (Å²) in [6, 6.07) is 36.7. The van der Waals surface area contributed by atoms with Crippen molar-refractivity contribution < 1.29 is 58.2 Å². The van der Waals surface area contributed by atoms with E-state index in [-0.39, 0.29) is 33.1 Å². The summed E-state index contributed by atoms with van der Waals surface area (Å²) in [5, 5.41) is 25.4. The van der Waals surface area contributed by atoms with Gasteiger partial charge >= 0.3 is 19.5 Å². The first-order valence-electron chi connectivity index (χ1n) is 19.6. The molecule has 2 heterocycles. The molecule has 0 fully saturated rings. The topological polar surface area (TPSA) is 117 Å². The van der Waals surface area contributed by atoms with Crippen molar-refractivity contribution in [3.05, 3.63) is 142 Å². The minimum absolute atomic E-state index is 0. The van der Waals surface area contributed by atoms with Crippen LogP contribution in [0.2, 0.25) is 0 Å². The molecule has 0 radical (unpaired) electrons. The summed E-state index contributed by atoms with van der Waals surface area (Å²) in [4.78, 5) is 17.8. The molecule has 2 aliphatic rings. The monoisotopic (exact) mass is 942 g/mol. The number of aryl methyl sites for hydroxylation is 8. The van der Waals surface area contributed by atoms with Crippen LogP contribution in [-0.4, -0.2) is 25.5 Å². The van der Waals surface area contributed by atoms with Gasteiger partial charge in [-0.15, -0.1) is 0 Å². The average molecular weight is 942 g/mol. The Morgan fingerprint density at radius 1 is 0.426 bits per heavy atom. The van der Waals surface area contributed by atoms with E-state index in [0.717, 1.165) is 48.0 Å². The van der Waals surface area contributed by atoms with Crippen LogP contribution in [0.25, 0.3) is 11.1 Å². The molecule has 0 atom stereocenters. The molecule has 0 aliphatic carbocycles. The number of carbonyl (C=O) groups is 2. The van der Waals surface area contributed by atoms with Crippen LogP contribution in [0.1, 0.15) is 58.4 Å². The van der Waals surface area contributed by atoms with E-state index in [1.807, 2.05) is 0 Å². The van der Waals surface area contributed by atoms with Gasteiger partial charge < -0.3 is 38.7 Å². The molecular weight excluding hydrogens is 892 g/mol. The van der Waals surface area contributed by atoms with Gasteiger partial charge in [-0.1, -0.05) is 117 Å². The number of aliphatic carboxylic acids is 2. The van der Waals surface area contributed by atoms with Crippen LogP contribution in [-0.2, 0) is 29.1 Å². The molecule has 11 heteroatoms. The predicted molar refractivity (Wildman–Crippen MR) is 241 cm³/mol. The summed E-state index contributed by atoms with van der Waals surface area (Å²) in [5.41, 5.74) is 12.1. The van der Waals surface area contributed by atoms with Gasteiger partial charge in [0.25, 0.3) is 0 Å². The summed E-state index contributed by atoms with van der Waals surface area (Å²) in [5.74, 6) is 0.859. The molecule has 316 valence electrons. The molecule has 0 saturated carbocycles. The van der Waals surface area contributed by atoms with E-state index in [4.69, 9.17) is 38.7 Å². The first-order valence-corrected chi connectivity index (χ1v) is 22.3. The zero-order chi connectivity index (χ0) is 43.4. The molecule has 0 N–H and O–H groups in total. The predicted octanol–water partition coefficient (Wildman–Crippen LogP) is 6.30. The summed E-state index contributed by atoms with van der Waals surface area (Å²) in [6.45, 7) is 19.8. The van der Waals surface area contributed by atoms with Crippen molar-refractivity contribution in [3.63, 3.8) is 0 Å². The number of carbonyl (C=O) groups excluding carboxylic acids is 2. The Labute approximate surface area is 374 Å². The molecule has 0 unspecified atom stereocenters. The van der Waals surface area contributed by atoms with Gasteiger partial charge in [-0.2, -0.15) is 0 Å². The molecule has 0 saturated heterocycles. The molecule has 0 aromatic heterocycles. The Morgan fingerprint density at radius 2 is 0.656 bits per heavy atom. The molecule has 0 bridgehead atoms. The van der Waals surface area contributed by atoms with Crippen molar-refractivity contribution in [2.45, 2.75) is 69.2 Å². The van der Waals surface area contributed by atoms with Gasteiger partial charge in [0.2, 0.25) is 13.6 Å². The van der Waals surface area contributed by atoms with E-state index in [1.54, 1.807) is 0 Å². The van der Waals surface area contributed by atoms with Gasteiger partial charge in [-0.25, -0.2) is 0 Å². The molecule has 61 heavy (non-hydrogen) atoms. The number of hydrogen-bond acceptors (Lipinski definition) is 8. The van der Waals surface area contributed by atoms with Gasteiger partial charge in [-0.3, -0.25) is 0 Å².